The molecule has 0 radical (unpaired) electrons. The smallest absolute Gasteiger partial charge is 0.302 e. The summed E-state index contributed by atoms with van der Waals surface area (Å²) in [5, 5.41) is 10.4. The molecule has 3 nitrogen and oxygen atoms in total. The van der Waals surface area contributed by atoms with Crippen LogP contribution in [-0.4, -0.2) is 23.3 Å². The number of esters is 1. The summed E-state index contributed by atoms with van der Waals surface area (Å²) < 4.78 is 5.93. The minimum absolute atomic E-state index is 0.0635. The normalized spacial score (nSPS) is 51.9. The van der Waals surface area contributed by atoms with Crippen LogP contribution < -0.4 is 0 Å². The summed E-state index contributed by atoms with van der Waals surface area (Å²) in [5.41, 5.74) is 0.457. The van der Waals surface area contributed by atoms with E-state index in [1.165, 1.54) is 25.7 Å². The van der Waals surface area contributed by atoms with Crippen LogP contribution in [0.2, 0.25) is 0 Å². The van der Waals surface area contributed by atoms with Crippen molar-refractivity contribution in [1.82, 2.24) is 0 Å². The number of allylic oxidation sites excluding steroid dienone is 2. The van der Waals surface area contributed by atoms with E-state index < -0.39 is 0 Å². The largest absolute Gasteiger partial charge is 0.462 e. The van der Waals surface area contributed by atoms with Gasteiger partial charge in [-0.25, -0.2) is 0 Å². The Kier molecular flexibility index (Phi) is 5.68. The highest BCUT2D eigenvalue weighted by molar-refractivity contribution is 5.66. The predicted molar refractivity (Wildman–Crippen MR) is 116 cm³/mol. The number of carbonyl (C=O) groups excluding carboxylic acids is 1. The third kappa shape index (κ3) is 3.30. The highest BCUT2D eigenvalue weighted by Crippen LogP contribution is 2.68. The Hall–Kier alpha value is -0.830. The number of rotatable bonds is 3. The van der Waals surface area contributed by atoms with Gasteiger partial charge < -0.3 is 9.84 Å². The number of ether oxygens (including phenoxy) is 1. The Balaban J connectivity index is 1.68. The van der Waals surface area contributed by atoms with Crippen LogP contribution in [0.4, 0.5) is 0 Å². The van der Waals surface area contributed by atoms with Gasteiger partial charge in [-0.1, -0.05) is 39.8 Å². The number of hydrogen-bond acceptors (Lipinski definition) is 3. The van der Waals surface area contributed by atoms with Crippen LogP contribution in [0.1, 0.15) is 86.0 Å². The van der Waals surface area contributed by atoms with Gasteiger partial charge >= 0.3 is 5.97 Å². The van der Waals surface area contributed by atoms with Crippen molar-refractivity contribution in [2.75, 3.05) is 0 Å². The van der Waals surface area contributed by atoms with Crippen molar-refractivity contribution in [1.29, 1.82) is 0 Å². The molecule has 0 aromatic rings. The predicted octanol–water partition coefficient (Wildman–Crippen LogP) is 5.76. The third-order valence-electron chi connectivity index (χ3n) is 10.1. The van der Waals surface area contributed by atoms with E-state index in [9.17, 15) is 9.90 Å². The van der Waals surface area contributed by atoms with Crippen molar-refractivity contribution in [2.45, 2.75) is 98.2 Å². The Labute approximate surface area is 177 Å². The van der Waals surface area contributed by atoms with Crippen LogP contribution in [0.25, 0.3) is 0 Å². The average molecular weight is 403 g/mol. The SMILES string of the molecule is CCC=CC1CC(OC(C)=O)[C@@]2(C)CC[C@@H]3[C@@H](CCC4CC(O)CC(C)[C@@]43C)[C@H]12. The molecule has 0 bridgehead atoms. The van der Waals surface area contributed by atoms with Crippen molar-refractivity contribution in [3.63, 3.8) is 0 Å². The quantitative estimate of drug-likeness (QED) is 0.482. The monoisotopic (exact) mass is 402 g/mol. The van der Waals surface area contributed by atoms with Gasteiger partial charge in [-0.2, -0.15) is 0 Å². The molecule has 0 heterocycles. The van der Waals surface area contributed by atoms with E-state index >= 15 is 0 Å². The van der Waals surface area contributed by atoms with Gasteiger partial charge in [0, 0.05) is 12.3 Å². The van der Waals surface area contributed by atoms with E-state index in [2.05, 4.69) is 39.8 Å². The van der Waals surface area contributed by atoms with E-state index in [-0.39, 0.29) is 23.6 Å². The standard InChI is InChI=1S/C26H42O3/c1-6-7-8-18-14-23(29-17(3)27)25(4)12-11-22-21(24(18)25)10-9-19-15-20(28)13-16(2)26(19,22)5/h7-8,16,18-24,28H,6,9-15H2,1-5H3/t16?,18?,19?,20?,21-,22-,23?,24+,25-,26+/m1/s1. The molecule has 0 aliphatic heterocycles. The molecule has 0 aromatic heterocycles. The molecule has 5 unspecified atom stereocenters. The van der Waals surface area contributed by atoms with Crippen LogP contribution in [-0.2, 0) is 9.53 Å². The van der Waals surface area contributed by atoms with Crippen molar-refractivity contribution in [3.8, 4) is 0 Å². The maximum absolute atomic E-state index is 11.9. The van der Waals surface area contributed by atoms with Gasteiger partial charge in [0.2, 0.25) is 0 Å². The van der Waals surface area contributed by atoms with Gasteiger partial charge in [-0.05, 0) is 92.3 Å². The second-order valence-corrected chi connectivity index (χ2v) is 11.3. The van der Waals surface area contributed by atoms with Crippen molar-refractivity contribution >= 4 is 5.97 Å². The first kappa shape index (κ1) is 21.4. The van der Waals surface area contributed by atoms with Gasteiger partial charge in [-0.3, -0.25) is 4.79 Å². The first-order chi connectivity index (χ1) is 13.7. The van der Waals surface area contributed by atoms with Gasteiger partial charge in [0.15, 0.2) is 0 Å². The van der Waals surface area contributed by atoms with E-state index in [0.717, 1.165) is 37.5 Å². The second-order valence-electron chi connectivity index (χ2n) is 11.3. The number of aliphatic hydroxyl groups excluding tert-OH is 1. The Morgan fingerprint density at radius 2 is 1.93 bits per heavy atom. The zero-order chi connectivity index (χ0) is 21.0. The summed E-state index contributed by atoms with van der Waals surface area (Å²) in [5.74, 6) is 3.75. The molecule has 4 saturated carbocycles. The van der Waals surface area contributed by atoms with Gasteiger partial charge in [0.25, 0.3) is 0 Å². The lowest BCUT2D eigenvalue weighted by Crippen LogP contribution is -2.57. The molecule has 0 amide bonds. The molecule has 29 heavy (non-hydrogen) atoms. The van der Waals surface area contributed by atoms with E-state index in [1.54, 1.807) is 6.92 Å². The Morgan fingerprint density at radius 3 is 2.62 bits per heavy atom. The average Bonchev–Trinajstić information content (AvgIpc) is 2.92. The van der Waals surface area contributed by atoms with Crippen LogP contribution in [0, 0.1) is 46.3 Å². The maximum Gasteiger partial charge on any atom is 0.302 e. The molecule has 10 atom stereocenters. The summed E-state index contributed by atoms with van der Waals surface area (Å²) >= 11 is 0. The number of fused-ring (bicyclic) bond motifs is 5. The molecular formula is C26H42O3. The van der Waals surface area contributed by atoms with Crippen LogP contribution in [0.5, 0.6) is 0 Å². The van der Waals surface area contributed by atoms with E-state index in [1.807, 2.05) is 0 Å². The lowest BCUT2D eigenvalue weighted by molar-refractivity contribution is -0.172. The summed E-state index contributed by atoms with van der Waals surface area (Å²) in [4.78, 5) is 11.9. The summed E-state index contributed by atoms with van der Waals surface area (Å²) in [6, 6.07) is 0. The summed E-state index contributed by atoms with van der Waals surface area (Å²) in [6.07, 6.45) is 13.8. The molecule has 0 aromatic carbocycles. The molecule has 3 heteroatoms. The highest BCUT2D eigenvalue weighted by atomic mass is 16.5. The lowest BCUT2D eigenvalue weighted by atomic mass is 9.42. The molecule has 164 valence electrons. The van der Waals surface area contributed by atoms with Gasteiger partial charge in [0.05, 0.1) is 6.10 Å². The highest BCUT2D eigenvalue weighted by Gasteiger charge is 2.64. The summed E-state index contributed by atoms with van der Waals surface area (Å²) in [6.45, 7) is 11.2. The molecule has 4 rings (SSSR count). The van der Waals surface area contributed by atoms with Crippen molar-refractivity contribution < 1.29 is 14.6 Å². The Bertz CT molecular complexity index is 656. The lowest BCUT2D eigenvalue weighted by Gasteiger charge is -2.63. The second kappa shape index (κ2) is 7.70. The molecule has 4 aliphatic rings. The number of hydrogen-bond donors (Lipinski definition) is 1. The molecule has 0 saturated heterocycles. The fraction of sp³-hybridized carbons (Fsp3) is 0.885. The fourth-order valence-corrected chi connectivity index (χ4v) is 8.71. The zero-order valence-corrected chi connectivity index (χ0v) is 19.2. The summed E-state index contributed by atoms with van der Waals surface area (Å²) in [7, 11) is 0. The molecule has 1 N–H and O–H groups in total. The molecule has 4 aliphatic carbocycles. The Morgan fingerprint density at radius 1 is 1.17 bits per heavy atom. The third-order valence-corrected chi connectivity index (χ3v) is 10.1. The topological polar surface area (TPSA) is 46.5 Å². The minimum Gasteiger partial charge on any atom is -0.462 e. The number of aliphatic hydroxyl groups is 1. The first-order valence-corrected chi connectivity index (χ1v) is 12.2. The fourth-order valence-electron chi connectivity index (χ4n) is 8.71. The van der Waals surface area contributed by atoms with Crippen LogP contribution in [0.3, 0.4) is 0 Å². The molecule has 4 fully saturated rings. The van der Waals surface area contributed by atoms with Crippen molar-refractivity contribution in [3.05, 3.63) is 12.2 Å². The van der Waals surface area contributed by atoms with Gasteiger partial charge in [-0.15, -0.1) is 0 Å². The van der Waals surface area contributed by atoms with Gasteiger partial charge in [0.1, 0.15) is 6.10 Å². The van der Waals surface area contributed by atoms with E-state index in [0.29, 0.717) is 29.1 Å². The van der Waals surface area contributed by atoms with Crippen molar-refractivity contribution in [2.24, 2.45) is 46.3 Å². The molecule has 0 spiro atoms. The van der Waals surface area contributed by atoms with E-state index in [4.69, 9.17) is 4.74 Å². The first-order valence-electron chi connectivity index (χ1n) is 12.2. The van der Waals surface area contributed by atoms with Crippen LogP contribution in [0.15, 0.2) is 12.2 Å². The van der Waals surface area contributed by atoms with Crippen LogP contribution >= 0.6 is 0 Å². The minimum atomic E-state index is -0.122. The zero-order valence-electron chi connectivity index (χ0n) is 19.2. The number of carbonyl (C=O) groups is 1. The molecular weight excluding hydrogens is 360 g/mol. The maximum atomic E-state index is 11.9.